The highest BCUT2D eigenvalue weighted by atomic mass is 16.4. The quantitative estimate of drug-likeness (QED) is 0.544. The molecule has 1 amide bonds. The van der Waals surface area contributed by atoms with Gasteiger partial charge in [0.1, 0.15) is 0 Å². The Labute approximate surface area is 105 Å². The molecule has 0 aliphatic heterocycles. The molecule has 4 N–H and O–H groups in total. The van der Waals surface area contributed by atoms with Crippen LogP contribution in [0.3, 0.4) is 0 Å². The highest BCUT2D eigenvalue weighted by Crippen LogP contribution is 2.15. The fourth-order valence-electron chi connectivity index (χ4n) is 1.41. The molecule has 0 spiro atoms. The van der Waals surface area contributed by atoms with Crippen molar-refractivity contribution in [1.82, 2.24) is 5.32 Å². The topological polar surface area (TPSA) is 92.4 Å². The number of nitrogens with one attached hydrogen (secondary N) is 1. The predicted molar refractivity (Wildman–Crippen MR) is 70.1 cm³/mol. The molecule has 0 unspecified atom stereocenters. The Hall–Kier alpha value is -2.30. The molecule has 0 aliphatic rings. The smallest absolute Gasteiger partial charge is 0.337 e. The Balaban J connectivity index is 2.62. The van der Waals surface area contributed by atoms with Gasteiger partial charge in [-0.15, -0.1) is 0 Å². The third kappa shape index (κ3) is 4.29. The molecule has 0 radical (unpaired) electrons. The highest BCUT2D eigenvalue weighted by molar-refractivity contribution is 5.94. The molecule has 1 aromatic rings. The molecule has 0 aliphatic carbocycles. The maximum atomic E-state index is 10.9. The van der Waals surface area contributed by atoms with Gasteiger partial charge in [-0.1, -0.05) is 18.2 Å². The maximum Gasteiger partial charge on any atom is 0.337 e. The Morgan fingerprint density at radius 3 is 2.78 bits per heavy atom. The largest absolute Gasteiger partial charge is 0.478 e. The van der Waals surface area contributed by atoms with Gasteiger partial charge in [0.25, 0.3) is 0 Å². The zero-order valence-electron chi connectivity index (χ0n) is 10.1. The molecule has 0 saturated heterocycles. The van der Waals surface area contributed by atoms with Gasteiger partial charge in [0, 0.05) is 19.2 Å². The van der Waals surface area contributed by atoms with Crippen LogP contribution in [-0.4, -0.2) is 23.5 Å². The van der Waals surface area contributed by atoms with E-state index in [4.69, 9.17) is 10.8 Å². The molecule has 0 bridgehead atoms. The summed E-state index contributed by atoms with van der Waals surface area (Å²) in [7, 11) is 0. The zero-order chi connectivity index (χ0) is 13.5. The van der Waals surface area contributed by atoms with Crippen LogP contribution in [0, 0.1) is 0 Å². The van der Waals surface area contributed by atoms with Crippen molar-refractivity contribution in [3.05, 3.63) is 35.4 Å². The number of rotatable bonds is 5. The zero-order valence-corrected chi connectivity index (χ0v) is 10.1. The summed E-state index contributed by atoms with van der Waals surface area (Å²) in [6.07, 6.45) is 4.35. The number of hydrogen-bond acceptors (Lipinski definition) is 3. The lowest BCUT2D eigenvalue weighted by atomic mass is 10.1. The summed E-state index contributed by atoms with van der Waals surface area (Å²) in [5, 5.41) is 11.6. The van der Waals surface area contributed by atoms with Crippen molar-refractivity contribution in [2.75, 3.05) is 12.3 Å². The summed E-state index contributed by atoms with van der Waals surface area (Å²) in [6.45, 7) is 2.02. The van der Waals surface area contributed by atoms with Crippen LogP contribution in [0.2, 0.25) is 0 Å². The third-order valence-electron chi connectivity index (χ3n) is 2.30. The lowest BCUT2D eigenvalue weighted by molar-refractivity contribution is -0.118. The van der Waals surface area contributed by atoms with E-state index < -0.39 is 5.97 Å². The first-order valence-electron chi connectivity index (χ1n) is 5.54. The van der Waals surface area contributed by atoms with Gasteiger partial charge in [-0.25, -0.2) is 4.79 Å². The second-order valence-electron chi connectivity index (χ2n) is 3.83. The van der Waals surface area contributed by atoms with Crippen molar-refractivity contribution < 1.29 is 14.7 Å². The minimum Gasteiger partial charge on any atom is -0.478 e. The Morgan fingerprint density at radius 2 is 2.17 bits per heavy atom. The molecule has 0 saturated carbocycles. The molecule has 96 valence electrons. The average Bonchev–Trinajstić information content (AvgIpc) is 2.30. The Kier molecular flexibility index (Phi) is 4.92. The standard InChI is InChI=1S/C13H16N2O3/c1-9(16)15-7-3-2-4-10-5-6-12(14)11(8-10)13(17)18/h2,4-6,8H,3,7,14H2,1H3,(H,15,16)(H,17,18). The van der Waals surface area contributed by atoms with Gasteiger partial charge in [0.15, 0.2) is 0 Å². The van der Waals surface area contributed by atoms with Crippen LogP contribution in [0.4, 0.5) is 5.69 Å². The molecular formula is C13H16N2O3. The molecule has 1 rings (SSSR count). The number of amides is 1. The molecule has 0 aromatic heterocycles. The number of nitrogens with two attached hydrogens (primary N) is 1. The summed E-state index contributed by atoms with van der Waals surface area (Å²) >= 11 is 0. The first-order valence-corrected chi connectivity index (χ1v) is 5.54. The second kappa shape index (κ2) is 6.44. The van der Waals surface area contributed by atoms with Crippen LogP contribution in [-0.2, 0) is 4.79 Å². The average molecular weight is 248 g/mol. The summed E-state index contributed by atoms with van der Waals surface area (Å²) in [6, 6.07) is 4.83. The number of benzene rings is 1. The van der Waals surface area contributed by atoms with Crippen LogP contribution in [0.1, 0.15) is 29.3 Å². The first-order chi connectivity index (χ1) is 8.50. The second-order valence-corrected chi connectivity index (χ2v) is 3.83. The van der Waals surface area contributed by atoms with E-state index in [1.54, 1.807) is 18.2 Å². The number of aromatic carboxylic acids is 1. The summed E-state index contributed by atoms with van der Waals surface area (Å²) in [4.78, 5) is 21.5. The number of carboxylic acid groups (broad SMARTS) is 1. The van der Waals surface area contributed by atoms with E-state index in [-0.39, 0.29) is 17.2 Å². The normalized spacial score (nSPS) is 10.5. The number of nitrogen functional groups attached to an aromatic ring is 1. The summed E-state index contributed by atoms with van der Waals surface area (Å²) in [5.74, 6) is -1.11. The van der Waals surface area contributed by atoms with Gasteiger partial charge in [0.2, 0.25) is 5.91 Å². The van der Waals surface area contributed by atoms with Crippen LogP contribution in [0.15, 0.2) is 24.3 Å². The molecule has 0 fully saturated rings. The minimum atomic E-state index is -1.04. The van der Waals surface area contributed by atoms with E-state index in [1.807, 2.05) is 6.08 Å². The molecule has 1 aromatic carbocycles. The van der Waals surface area contributed by atoms with Crippen LogP contribution < -0.4 is 11.1 Å². The van der Waals surface area contributed by atoms with Gasteiger partial charge < -0.3 is 16.2 Å². The molecule has 5 heteroatoms. The number of carbonyl (C=O) groups excluding carboxylic acids is 1. The predicted octanol–water partition coefficient (Wildman–Crippen LogP) is 1.51. The van der Waals surface area contributed by atoms with E-state index in [0.717, 1.165) is 5.56 Å². The highest BCUT2D eigenvalue weighted by Gasteiger charge is 2.07. The van der Waals surface area contributed by atoms with Gasteiger partial charge in [-0.05, 0) is 24.1 Å². The fraction of sp³-hybridized carbons (Fsp3) is 0.231. The van der Waals surface area contributed by atoms with E-state index in [1.165, 1.54) is 13.0 Å². The third-order valence-corrected chi connectivity index (χ3v) is 2.30. The molecule has 0 atom stereocenters. The first kappa shape index (κ1) is 13.8. The Bertz CT molecular complexity index is 481. The van der Waals surface area contributed by atoms with Crippen molar-refractivity contribution in [3.63, 3.8) is 0 Å². The minimum absolute atomic E-state index is 0.0657. The van der Waals surface area contributed by atoms with Crippen molar-refractivity contribution in [2.24, 2.45) is 0 Å². The van der Waals surface area contributed by atoms with Gasteiger partial charge in [0.05, 0.1) is 5.56 Å². The van der Waals surface area contributed by atoms with E-state index in [2.05, 4.69) is 5.32 Å². The number of carboxylic acids is 1. The monoisotopic (exact) mass is 248 g/mol. The van der Waals surface area contributed by atoms with Crippen LogP contribution in [0.5, 0.6) is 0 Å². The van der Waals surface area contributed by atoms with E-state index in [9.17, 15) is 9.59 Å². The van der Waals surface area contributed by atoms with Crippen molar-refractivity contribution in [2.45, 2.75) is 13.3 Å². The lowest BCUT2D eigenvalue weighted by Gasteiger charge is -2.02. The van der Waals surface area contributed by atoms with Gasteiger partial charge >= 0.3 is 5.97 Å². The molecular weight excluding hydrogens is 232 g/mol. The summed E-state index contributed by atoms with van der Waals surface area (Å²) in [5.41, 5.74) is 6.66. The van der Waals surface area contributed by atoms with Crippen LogP contribution >= 0.6 is 0 Å². The number of carbonyl (C=O) groups is 2. The fourth-order valence-corrected chi connectivity index (χ4v) is 1.41. The number of hydrogen-bond donors (Lipinski definition) is 3. The lowest BCUT2D eigenvalue weighted by Crippen LogP contribution is -2.20. The van der Waals surface area contributed by atoms with Gasteiger partial charge in [-0.3, -0.25) is 4.79 Å². The summed E-state index contributed by atoms with van der Waals surface area (Å²) < 4.78 is 0. The molecule has 0 heterocycles. The van der Waals surface area contributed by atoms with E-state index >= 15 is 0 Å². The number of anilines is 1. The Morgan fingerprint density at radius 1 is 1.44 bits per heavy atom. The molecule has 5 nitrogen and oxygen atoms in total. The van der Waals surface area contributed by atoms with Crippen molar-refractivity contribution >= 4 is 23.6 Å². The van der Waals surface area contributed by atoms with E-state index in [0.29, 0.717) is 13.0 Å². The SMILES string of the molecule is CC(=O)NCCC=Cc1ccc(N)c(C(=O)O)c1. The maximum absolute atomic E-state index is 10.9. The van der Waals surface area contributed by atoms with Gasteiger partial charge in [-0.2, -0.15) is 0 Å². The van der Waals surface area contributed by atoms with Crippen molar-refractivity contribution in [1.29, 1.82) is 0 Å². The molecule has 18 heavy (non-hydrogen) atoms. The van der Waals surface area contributed by atoms with Crippen molar-refractivity contribution in [3.8, 4) is 0 Å². The van der Waals surface area contributed by atoms with Crippen LogP contribution in [0.25, 0.3) is 6.08 Å².